The van der Waals surface area contributed by atoms with Crippen molar-refractivity contribution in [2.45, 2.75) is 11.4 Å². The number of benzene rings is 1. The van der Waals surface area contributed by atoms with Crippen LogP contribution in [0.5, 0.6) is 0 Å². The van der Waals surface area contributed by atoms with Gasteiger partial charge in [0.05, 0.1) is 28.5 Å². The summed E-state index contributed by atoms with van der Waals surface area (Å²) in [6, 6.07) is 12.1. The van der Waals surface area contributed by atoms with Gasteiger partial charge in [0.2, 0.25) is 10.0 Å². The molecule has 6 nitrogen and oxygen atoms in total. The van der Waals surface area contributed by atoms with Crippen LogP contribution in [-0.4, -0.2) is 23.2 Å². The molecule has 2 heterocycles. The van der Waals surface area contributed by atoms with Gasteiger partial charge in [0.1, 0.15) is 5.82 Å². The van der Waals surface area contributed by atoms with Crippen LogP contribution in [0.25, 0.3) is 11.4 Å². The number of nitrogens with zero attached hydrogens (tertiary/aromatic N) is 3. The minimum absolute atomic E-state index is 0.000476. The Kier molecular flexibility index (Phi) is 4.41. The van der Waals surface area contributed by atoms with Gasteiger partial charge in [-0.3, -0.25) is 9.67 Å². The molecule has 124 valence electrons. The standard InChI is InChI=1S/C16H15FN4O2S/c1-21-16(15-7-2-3-8-18-15)10-13(20-21)11-19-24(22,23)14-6-4-5-12(17)9-14/h2-10,19H,11H2,1H3. The lowest BCUT2D eigenvalue weighted by atomic mass is 10.2. The van der Waals surface area contributed by atoms with Gasteiger partial charge in [-0.2, -0.15) is 5.10 Å². The fraction of sp³-hybridized carbons (Fsp3) is 0.125. The van der Waals surface area contributed by atoms with E-state index in [2.05, 4.69) is 14.8 Å². The van der Waals surface area contributed by atoms with Crippen molar-refractivity contribution in [2.24, 2.45) is 7.05 Å². The van der Waals surface area contributed by atoms with Crippen LogP contribution in [-0.2, 0) is 23.6 Å². The van der Waals surface area contributed by atoms with E-state index < -0.39 is 15.8 Å². The molecule has 0 spiro atoms. The Morgan fingerprint density at radius 1 is 1.17 bits per heavy atom. The van der Waals surface area contributed by atoms with Gasteiger partial charge in [-0.25, -0.2) is 17.5 Å². The molecule has 0 unspecified atom stereocenters. The van der Waals surface area contributed by atoms with Gasteiger partial charge in [0.15, 0.2) is 0 Å². The van der Waals surface area contributed by atoms with Crippen LogP contribution in [0, 0.1) is 5.82 Å². The number of hydrogen-bond acceptors (Lipinski definition) is 4. The molecule has 3 aromatic rings. The molecule has 1 aromatic carbocycles. The van der Waals surface area contributed by atoms with E-state index in [9.17, 15) is 12.8 Å². The molecule has 0 saturated heterocycles. The first-order valence-electron chi connectivity index (χ1n) is 7.15. The molecule has 8 heteroatoms. The topological polar surface area (TPSA) is 76.9 Å². The number of hydrogen-bond donors (Lipinski definition) is 1. The molecular formula is C16H15FN4O2S. The zero-order valence-corrected chi connectivity index (χ0v) is 13.7. The summed E-state index contributed by atoms with van der Waals surface area (Å²) in [4.78, 5) is 4.13. The lowest BCUT2D eigenvalue weighted by Crippen LogP contribution is -2.23. The summed E-state index contributed by atoms with van der Waals surface area (Å²) >= 11 is 0. The second kappa shape index (κ2) is 6.50. The Labute approximate surface area is 139 Å². The quantitative estimate of drug-likeness (QED) is 0.767. The van der Waals surface area contributed by atoms with Crippen LogP contribution >= 0.6 is 0 Å². The van der Waals surface area contributed by atoms with Crippen molar-refractivity contribution in [1.82, 2.24) is 19.5 Å². The lowest BCUT2D eigenvalue weighted by molar-refractivity contribution is 0.576. The lowest BCUT2D eigenvalue weighted by Gasteiger charge is -2.05. The highest BCUT2D eigenvalue weighted by Gasteiger charge is 2.16. The highest BCUT2D eigenvalue weighted by Crippen LogP contribution is 2.17. The molecule has 0 atom stereocenters. The summed E-state index contributed by atoms with van der Waals surface area (Å²) in [6.07, 6.45) is 1.68. The Hall–Kier alpha value is -2.58. The number of halogens is 1. The number of nitrogens with one attached hydrogen (secondary N) is 1. The third kappa shape index (κ3) is 3.50. The van der Waals surface area contributed by atoms with Gasteiger partial charge in [-0.1, -0.05) is 12.1 Å². The van der Waals surface area contributed by atoms with E-state index in [0.29, 0.717) is 5.69 Å². The van der Waals surface area contributed by atoms with Crippen LogP contribution in [0.1, 0.15) is 5.69 Å². The molecule has 0 aliphatic carbocycles. The zero-order valence-electron chi connectivity index (χ0n) is 12.8. The first kappa shape index (κ1) is 16.3. The number of aromatic nitrogens is 3. The number of rotatable bonds is 5. The molecule has 0 fully saturated rings. The molecule has 0 bridgehead atoms. The van der Waals surface area contributed by atoms with E-state index in [0.717, 1.165) is 17.5 Å². The maximum absolute atomic E-state index is 13.2. The van der Waals surface area contributed by atoms with E-state index in [1.807, 2.05) is 18.2 Å². The van der Waals surface area contributed by atoms with Crippen LogP contribution in [0.4, 0.5) is 4.39 Å². The molecule has 0 aliphatic heterocycles. The number of aryl methyl sites for hydroxylation is 1. The predicted molar refractivity (Wildman–Crippen MR) is 86.9 cm³/mol. The fourth-order valence-corrected chi connectivity index (χ4v) is 3.28. The SMILES string of the molecule is Cn1nc(CNS(=O)(=O)c2cccc(F)c2)cc1-c1ccccn1. The third-order valence-corrected chi connectivity index (χ3v) is 4.81. The number of pyridine rings is 1. The minimum atomic E-state index is -3.80. The summed E-state index contributed by atoms with van der Waals surface area (Å²) < 4.78 is 41.6. The maximum atomic E-state index is 13.2. The van der Waals surface area contributed by atoms with Crippen molar-refractivity contribution in [3.8, 4) is 11.4 Å². The van der Waals surface area contributed by atoms with Gasteiger partial charge in [-0.05, 0) is 36.4 Å². The van der Waals surface area contributed by atoms with Crippen molar-refractivity contribution in [3.05, 3.63) is 66.2 Å². The summed E-state index contributed by atoms with van der Waals surface area (Å²) in [7, 11) is -2.05. The molecule has 24 heavy (non-hydrogen) atoms. The van der Waals surface area contributed by atoms with Crippen LogP contribution in [0.2, 0.25) is 0 Å². The Bertz CT molecular complexity index is 955. The molecule has 1 N–H and O–H groups in total. The smallest absolute Gasteiger partial charge is 0.241 e. The fourth-order valence-electron chi connectivity index (χ4n) is 2.25. The second-order valence-corrected chi connectivity index (χ2v) is 6.91. The molecule has 3 rings (SSSR count). The van der Waals surface area contributed by atoms with Crippen LogP contribution < -0.4 is 4.72 Å². The highest BCUT2D eigenvalue weighted by molar-refractivity contribution is 7.89. The largest absolute Gasteiger partial charge is 0.266 e. The van der Waals surface area contributed by atoms with Crippen molar-refractivity contribution in [1.29, 1.82) is 0 Å². The average Bonchev–Trinajstić information content (AvgIpc) is 2.95. The summed E-state index contributed by atoms with van der Waals surface area (Å²) in [5.74, 6) is -0.604. The van der Waals surface area contributed by atoms with E-state index in [4.69, 9.17) is 0 Å². The summed E-state index contributed by atoms with van der Waals surface area (Å²) in [6.45, 7) is -0.000476. The normalized spacial score (nSPS) is 11.6. The molecule has 0 saturated carbocycles. The molecule has 2 aromatic heterocycles. The maximum Gasteiger partial charge on any atom is 0.241 e. The van der Waals surface area contributed by atoms with Gasteiger partial charge >= 0.3 is 0 Å². The Balaban J connectivity index is 1.78. The average molecular weight is 346 g/mol. The van der Waals surface area contributed by atoms with E-state index in [-0.39, 0.29) is 11.4 Å². The van der Waals surface area contributed by atoms with Gasteiger partial charge in [0.25, 0.3) is 0 Å². The van der Waals surface area contributed by atoms with Crippen molar-refractivity contribution in [3.63, 3.8) is 0 Å². The molecule has 0 radical (unpaired) electrons. The van der Waals surface area contributed by atoms with Crippen LogP contribution in [0.15, 0.2) is 59.6 Å². The first-order valence-corrected chi connectivity index (χ1v) is 8.63. The predicted octanol–water partition coefficient (Wildman–Crippen LogP) is 2.10. The zero-order chi connectivity index (χ0) is 17.2. The summed E-state index contributed by atoms with van der Waals surface area (Å²) in [5, 5.41) is 4.28. The highest BCUT2D eigenvalue weighted by atomic mass is 32.2. The third-order valence-electron chi connectivity index (χ3n) is 3.41. The monoisotopic (exact) mass is 346 g/mol. The molecular weight excluding hydrogens is 331 g/mol. The second-order valence-electron chi connectivity index (χ2n) is 5.14. The first-order chi connectivity index (χ1) is 11.5. The van der Waals surface area contributed by atoms with Crippen molar-refractivity contribution < 1.29 is 12.8 Å². The minimum Gasteiger partial charge on any atom is -0.266 e. The molecule has 0 amide bonds. The van der Waals surface area contributed by atoms with Gasteiger partial charge < -0.3 is 0 Å². The summed E-state index contributed by atoms with van der Waals surface area (Å²) in [5.41, 5.74) is 2.06. The molecule has 0 aliphatic rings. The van der Waals surface area contributed by atoms with E-state index in [1.54, 1.807) is 24.0 Å². The van der Waals surface area contributed by atoms with Gasteiger partial charge in [0, 0.05) is 13.2 Å². The van der Waals surface area contributed by atoms with E-state index in [1.165, 1.54) is 18.2 Å². The van der Waals surface area contributed by atoms with Gasteiger partial charge in [-0.15, -0.1) is 0 Å². The number of sulfonamides is 1. The van der Waals surface area contributed by atoms with Crippen LogP contribution in [0.3, 0.4) is 0 Å². The van der Waals surface area contributed by atoms with E-state index >= 15 is 0 Å². The Morgan fingerprint density at radius 3 is 2.71 bits per heavy atom. The van der Waals surface area contributed by atoms with Crippen molar-refractivity contribution >= 4 is 10.0 Å². The Morgan fingerprint density at radius 2 is 2.00 bits per heavy atom. The van der Waals surface area contributed by atoms with Crippen molar-refractivity contribution in [2.75, 3.05) is 0 Å².